The number of pyridine rings is 1. The Bertz CT molecular complexity index is 995. The van der Waals surface area contributed by atoms with Crippen molar-refractivity contribution >= 4 is 10.8 Å². The maximum absolute atomic E-state index is 12.4. The highest BCUT2D eigenvalue weighted by Crippen LogP contribution is 2.36. The lowest BCUT2D eigenvalue weighted by atomic mass is 10.1. The van der Waals surface area contributed by atoms with Crippen molar-refractivity contribution in [2.45, 2.75) is 32.6 Å². The maximum atomic E-state index is 12.4. The van der Waals surface area contributed by atoms with E-state index in [0.29, 0.717) is 17.6 Å². The van der Waals surface area contributed by atoms with Crippen molar-refractivity contribution < 1.29 is 24.5 Å². The van der Waals surface area contributed by atoms with Gasteiger partial charge in [-0.05, 0) is 23.9 Å². The van der Waals surface area contributed by atoms with Crippen molar-refractivity contribution in [1.82, 2.24) is 4.98 Å². The van der Waals surface area contributed by atoms with Gasteiger partial charge in [-0.25, -0.2) is 9.78 Å². The third kappa shape index (κ3) is 3.72. The minimum Gasteiger partial charge on any atom is -0.508 e. The van der Waals surface area contributed by atoms with Gasteiger partial charge in [-0.15, -0.1) is 0 Å². The summed E-state index contributed by atoms with van der Waals surface area (Å²) in [4.78, 5) is 16.2. The van der Waals surface area contributed by atoms with Gasteiger partial charge >= 0.3 is 5.63 Å². The van der Waals surface area contributed by atoms with Crippen LogP contribution in [0.15, 0.2) is 39.7 Å². The van der Waals surface area contributed by atoms with E-state index in [1.54, 1.807) is 6.07 Å². The number of aromatic nitrogens is 1. The monoisotopic (exact) mass is 357 g/mol. The number of hydrogen-bond donors (Lipinski definition) is 3. The zero-order valence-electron chi connectivity index (χ0n) is 14.2. The van der Waals surface area contributed by atoms with Gasteiger partial charge in [0, 0.05) is 18.6 Å². The van der Waals surface area contributed by atoms with E-state index in [9.17, 15) is 20.1 Å². The molecule has 0 bridgehead atoms. The summed E-state index contributed by atoms with van der Waals surface area (Å²) in [7, 11) is 0. The van der Waals surface area contributed by atoms with Gasteiger partial charge in [0.15, 0.2) is 5.75 Å². The summed E-state index contributed by atoms with van der Waals surface area (Å²) < 4.78 is 10.8. The van der Waals surface area contributed by atoms with E-state index in [0.717, 1.165) is 31.5 Å². The first-order valence-corrected chi connectivity index (χ1v) is 8.33. The third-order valence-electron chi connectivity index (χ3n) is 3.91. The van der Waals surface area contributed by atoms with Crippen LogP contribution in [0.2, 0.25) is 0 Å². The molecule has 0 atom stereocenters. The van der Waals surface area contributed by atoms with Crippen molar-refractivity contribution in [2.75, 3.05) is 0 Å². The molecule has 3 N–H and O–H groups in total. The first-order valence-electron chi connectivity index (χ1n) is 8.33. The lowest BCUT2D eigenvalue weighted by Crippen LogP contribution is -2.04. The minimum absolute atomic E-state index is 0.00217. The second-order valence-electron chi connectivity index (χ2n) is 5.99. The van der Waals surface area contributed by atoms with Gasteiger partial charge in [-0.2, -0.15) is 0 Å². The lowest BCUT2D eigenvalue weighted by Gasteiger charge is -2.10. The molecule has 0 aliphatic carbocycles. The Morgan fingerprint density at radius 3 is 2.62 bits per heavy atom. The number of aromatic hydroxyl groups is 3. The highest BCUT2D eigenvalue weighted by molar-refractivity contribution is 5.89. The molecule has 136 valence electrons. The molecular weight excluding hydrogens is 338 g/mol. The summed E-state index contributed by atoms with van der Waals surface area (Å²) in [5.74, 6) is -0.397. The number of fused-ring (bicyclic) bond motifs is 1. The first kappa shape index (κ1) is 17.6. The zero-order chi connectivity index (χ0) is 18.7. The molecule has 0 aliphatic rings. The van der Waals surface area contributed by atoms with Gasteiger partial charge in [0.2, 0.25) is 0 Å². The maximum Gasteiger partial charge on any atom is 0.347 e. The number of rotatable bonds is 6. The fraction of sp³-hybridized carbons (Fsp3) is 0.263. The summed E-state index contributed by atoms with van der Waals surface area (Å²) in [5, 5.41) is 29.7. The Balaban J connectivity index is 2.04. The number of unbranched alkanes of at least 4 members (excludes halogenated alkanes) is 2. The molecule has 0 radical (unpaired) electrons. The van der Waals surface area contributed by atoms with Gasteiger partial charge in [0.25, 0.3) is 5.88 Å². The van der Waals surface area contributed by atoms with Crippen LogP contribution in [0.1, 0.15) is 31.9 Å². The second kappa shape index (κ2) is 7.35. The van der Waals surface area contributed by atoms with Crippen LogP contribution >= 0.6 is 0 Å². The van der Waals surface area contributed by atoms with Crippen molar-refractivity contribution in [3.05, 3.63) is 46.6 Å². The van der Waals surface area contributed by atoms with Crippen LogP contribution in [0, 0.1) is 0 Å². The Kier molecular flexibility index (Phi) is 4.97. The Morgan fingerprint density at radius 1 is 1.08 bits per heavy atom. The molecule has 0 saturated carbocycles. The normalized spacial score (nSPS) is 11.0. The summed E-state index contributed by atoms with van der Waals surface area (Å²) >= 11 is 0. The summed E-state index contributed by atoms with van der Waals surface area (Å²) in [6, 6.07) is 5.45. The fourth-order valence-corrected chi connectivity index (χ4v) is 2.69. The number of aryl methyl sites for hydroxylation is 1. The molecule has 0 fully saturated rings. The van der Waals surface area contributed by atoms with Crippen molar-refractivity contribution in [1.29, 1.82) is 0 Å². The predicted octanol–water partition coefficient (Wildman–Crippen LogP) is 3.83. The number of phenolic OH excluding ortho intramolecular Hbond substituents is 1. The standard InChI is InChI=1S/C19H19NO6/c1-2-3-4-5-14-7-11-6-12(21)9-16(17(11)19(24)25-14)26-18-15(23)8-13(22)10-20-18/h6-10,21-23H,2-5H2,1H3. The highest BCUT2D eigenvalue weighted by atomic mass is 16.5. The van der Waals surface area contributed by atoms with Crippen LogP contribution in [0.4, 0.5) is 0 Å². The number of ether oxygens (including phenoxy) is 1. The van der Waals surface area contributed by atoms with Crippen LogP contribution in [0.5, 0.6) is 28.9 Å². The van der Waals surface area contributed by atoms with E-state index in [1.807, 2.05) is 0 Å². The van der Waals surface area contributed by atoms with Gasteiger partial charge < -0.3 is 24.5 Å². The summed E-state index contributed by atoms with van der Waals surface area (Å²) in [6.45, 7) is 2.09. The van der Waals surface area contributed by atoms with Crippen molar-refractivity contribution in [2.24, 2.45) is 0 Å². The lowest BCUT2D eigenvalue weighted by molar-refractivity contribution is 0.387. The average Bonchev–Trinajstić information content (AvgIpc) is 2.57. The molecule has 3 rings (SSSR count). The molecule has 7 nitrogen and oxygen atoms in total. The molecular formula is C19H19NO6. The van der Waals surface area contributed by atoms with E-state index in [-0.39, 0.29) is 28.5 Å². The van der Waals surface area contributed by atoms with Gasteiger partial charge in [-0.1, -0.05) is 19.8 Å². The molecule has 2 heterocycles. The van der Waals surface area contributed by atoms with E-state index >= 15 is 0 Å². The van der Waals surface area contributed by atoms with Gasteiger partial charge in [0.05, 0.1) is 6.20 Å². The number of hydrogen-bond acceptors (Lipinski definition) is 7. The molecule has 7 heteroatoms. The smallest absolute Gasteiger partial charge is 0.347 e. The molecule has 0 saturated heterocycles. The number of nitrogens with zero attached hydrogens (tertiary/aromatic N) is 1. The summed E-state index contributed by atoms with van der Waals surface area (Å²) in [5.41, 5.74) is -0.595. The third-order valence-corrected chi connectivity index (χ3v) is 3.91. The largest absolute Gasteiger partial charge is 0.508 e. The first-order chi connectivity index (χ1) is 12.5. The van der Waals surface area contributed by atoms with Crippen molar-refractivity contribution in [3.63, 3.8) is 0 Å². The molecule has 0 aliphatic heterocycles. The topological polar surface area (TPSA) is 113 Å². The number of phenols is 1. The van der Waals surface area contributed by atoms with Crippen LogP contribution in [0.25, 0.3) is 10.8 Å². The fourth-order valence-electron chi connectivity index (χ4n) is 2.69. The van der Waals surface area contributed by atoms with Gasteiger partial charge in [0.1, 0.15) is 28.4 Å². The van der Waals surface area contributed by atoms with E-state index in [4.69, 9.17) is 9.15 Å². The molecule has 26 heavy (non-hydrogen) atoms. The van der Waals surface area contributed by atoms with Gasteiger partial charge in [-0.3, -0.25) is 0 Å². The average molecular weight is 357 g/mol. The quantitative estimate of drug-likeness (QED) is 0.575. The Hall–Kier alpha value is -3.22. The van der Waals surface area contributed by atoms with Crippen LogP contribution in [-0.2, 0) is 6.42 Å². The van der Waals surface area contributed by atoms with E-state index in [2.05, 4.69) is 11.9 Å². The molecule has 1 aromatic carbocycles. The Morgan fingerprint density at radius 2 is 1.88 bits per heavy atom. The molecule has 0 unspecified atom stereocenters. The van der Waals surface area contributed by atoms with E-state index in [1.165, 1.54) is 12.1 Å². The molecule has 3 aromatic rings. The zero-order valence-corrected chi connectivity index (χ0v) is 14.2. The van der Waals surface area contributed by atoms with Crippen LogP contribution in [0.3, 0.4) is 0 Å². The SMILES string of the molecule is CCCCCc1cc2cc(O)cc(Oc3ncc(O)cc3O)c2c(=O)o1. The highest BCUT2D eigenvalue weighted by Gasteiger charge is 2.15. The Labute approximate surface area is 149 Å². The predicted molar refractivity (Wildman–Crippen MR) is 95.0 cm³/mol. The van der Waals surface area contributed by atoms with E-state index < -0.39 is 11.4 Å². The molecule has 2 aromatic heterocycles. The molecule has 0 spiro atoms. The molecule has 0 amide bonds. The minimum atomic E-state index is -0.595. The summed E-state index contributed by atoms with van der Waals surface area (Å²) in [6.07, 6.45) is 4.71. The second-order valence-corrected chi connectivity index (χ2v) is 5.99. The number of benzene rings is 1. The van der Waals surface area contributed by atoms with Crippen LogP contribution in [-0.4, -0.2) is 20.3 Å². The van der Waals surface area contributed by atoms with Crippen LogP contribution < -0.4 is 10.4 Å². The van der Waals surface area contributed by atoms with Crippen molar-refractivity contribution in [3.8, 4) is 28.9 Å².